The van der Waals surface area contributed by atoms with Gasteiger partial charge in [-0.05, 0) is 43.2 Å². The number of thioether (sulfide) groups is 1. The summed E-state index contributed by atoms with van der Waals surface area (Å²) in [6.45, 7) is 0.884. The predicted molar refractivity (Wildman–Crippen MR) is 84.4 cm³/mol. The summed E-state index contributed by atoms with van der Waals surface area (Å²) in [5, 5.41) is 5.17. The topological polar surface area (TPSA) is 21.3 Å². The van der Waals surface area contributed by atoms with Gasteiger partial charge < -0.3 is 10.1 Å². The third kappa shape index (κ3) is 4.30. The van der Waals surface area contributed by atoms with Gasteiger partial charge in [-0.15, -0.1) is 0 Å². The predicted octanol–water partition coefficient (Wildman–Crippen LogP) is 4.11. The van der Waals surface area contributed by atoms with Gasteiger partial charge in [-0.3, -0.25) is 0 Å². The van der Waals surface area contributed by atoms with Gasteiger partial charge in [0.2, 0.25) is 0 Å². The lowest BCUT2D eigenvalue weighted by molar-refractivity contribution is 0.379. The smallest absolute Gasteiger partial charge is 0.137 e. The summed E-state index contributed by atoms with van der Waals surface area (Å²) in [4.78, 5) is 0. The fourth-order valence-electron chi connectivity index (χ4n) is 2.63. The van der Waals surface area contributed by atoms with Gasteiger partial charge in [0.05, 0.1) is 12.1 Å². The third-order valence-electron chi connectivity index (χ3n) is 3.77. The molecule has 0 amide bonds. The zero-order valence-corrected chi connectivity index (χ0v) is 13.2. The molecular weight excluding hydrogens is 278 g/mol. The van der Waals surface area contributed by atoms with Crippen LogP contribution in [0.25, 0.3) is 0 Å². The number of methoxy groups -OCH3 is 1. The zero-order valence-electron chi connectivity index (χ0n) is 11.6. The zero-order chi connectivity index (χ0) is 13.7. The van der Waals surface area contributed by atoms with E-state index in [1.165, 1.54) is 31.2 Å². The van der Waals surface area contributed by atoms with Crippen LogP contribution < -0.4 is 10.1 Å². The van der Waals surface area contributed by atoms with Crippen molar-refractivity contribution in [1.29, 1.82) is 0 Å². The Morgan fingerprint density at radius 1 is 1.42 bits per heavy atom. The van der Waals surface area contributed by atoms with E-state index in [4.69, 9.17) is 16.3 Å². The normalized spacial score (nSPS) is 23.3. The summed E-state index contributed by atoms with van der Waals surface area (Å²) in [5.41, 5.74) is 1.22. The van der Waals surface area contributed by atoms with Crippen LogP contribution in [0, 0.1) is 0 Å². The molecule has 1 fully saturated rings. The fraction of sp³-hybridized carbons (Fsp3) is 0.600. The molecule has 0 aromatic heterocycles. The van der Waals surface area contributed by atoms with Crippen LogP contribution >= 0.6 is 23.4 Å². The number of ether oxygens (including phenoxy) is 1. The number of halogens is 1. The van der Waals surface area contributed by atoms with E-state index in [1.54, 1.807) is 7.11 Å². The highest BCUT2D eigenvalue weighted by molar-refractivity contribution is 7.99. The average Bonchev–Trinajstić information content (AvgIpc) is 2.45. The highest BCUT2D eigenvalue weighted by Crippen LogP contribution is 2.28. The Hall–Kier alpha value is -0.380. The van der Waals surface area contributed by atoms with Crippen LogP contribution in [0.2, 0.25) is 5.02 Å². The lowest BCUT2D eigenvalue weighted by Gasteiger charge is -2.28. The molecule has 0 bridgehead atoms. The highest BCUT2D eigenvalue weighted by Gasteiger charge is 2.20. The summed E-state index contributed by atoms with van der Waals surface area (Å²) >= 11 is 8.14. The van der Waals surface area contributed by atoms with Gasteiger partial charge in [0, 0.05) is 17.8 Å². The number of nitrogens with one attached hydrogen (secondary N) is 1. The molecule has 1 aromatic carbocycles. The number of benzene rings is 1. The summed E-state index contributed by atoms with van der Waals surface area (Å²) in [6.07, 6.45) is 7.50. The molecule has 2 atom stereocenters. The molecule has 2 unspecified atom stereocenters. The standard InChI is InChI=1S/C15H22ClNOS/c1-18-15-7-6-11(8-14(15)16)10-17-12-4-3-5-13(9-12)19-2/h6-8,12-13,17H,3-5,9-10H2,1-2H3. The van der Waals surface area contributed by atoms with Gasteiger partial charge >= 0.3 is 0 Å². The summed E-state index contributed by atoms with van der Waals surface area (Å²) < 4.78 is 5.17. The largest absolute Gasteiger partial charge is 0.495 e. The van der Waals surface area contributed by atoms with Crippen molar-refractivity contribution in [3.63, 3.8) is 0 Å². The first-order valence-electron chi connectivity index (χ1n) is 6.81. The Morgan fingerprint density at radius 2 is 2.26 bits per heavy atom. The van der Waals surface area contributed by atoms with E-state index in [9.17, 15) is 0 Å². The highest BCUT2D eigenvalue weighted by atomic mass is 35.5. The minimum absolute atomic E-state index is 0.645. The van der Waals surface area contributed by atoms with Crippen molar-refractivity contribution in [2.24, 2.45) is 0 Å². The second kappa shape index (κ2) is 7.41. The Morgan fingerprint density at radius 3 is 2.95 bits per heavy atom. The van der Waals surface area contributed by atoms with E-state index in [2.05, 4.69) is 17.6 Å². The first-order valence-corrected chi connectivity index (χ1v) is 8.48. The molecule has 1 saturated carbocycles. The van der Waals surface area contributed by atoms with Gasteiger partial charge in [-0.2, -0.15) is 11.8 Å². The summed E-state index contributed by atoms with van der Waals surface area (Å²) in [5.74, 6) is 0.741. The molecule has 1 aliphatic rings. The third-order valence-corrected chi connectivity index (χ3v) is 5.16. The second-order valence-electron chi connectivity index (χ2n) is 5.07. The molecule has 2 rings (SSSR count). The molecule has 106 valence electrons. The van der Waals surface area contributed by atoms with Gasteiger partial charge in [-0.25, -0.2) is 0 Å². The van der Waals surface area contributed by atoms with Crippen LogP contribution in [0.4, 0.5) is 0 Å². The summed E-state index contributed by atoms with van der Waals surface area (Å²) in [7, 11) is 1.64. The second-order valence-corrected chi connectivity index (χ2v) is 6.62. The van der Waals surface area contributed by atoms with Crippen molar-refractivity contribution < 1.29 is 4.74 Å². The number of hydrogen-bond donors (Lipinski definition) is 1. The van der Waals surface area contributed by atoms with Crippen LogP contribution in [0.3, 0.4) is 0 Å². The molecular formula is C15H22ClNOS. The maximum absolute atomic E-state index is 6.14. The number of hydrogen-bond acceptors (Lipinski definition) is 3. The van der Waals surface area contributed by atoms with Crippen LogP contribution in [-0.4, -0.2) is 24.7 Å². The average molecular weight is 300 g/mol. The molecule has 0 heterocycles. The molecule has 1 aromatic rings. The Labute approximate surface area is 125 Å². The van der Waals surface area contributed by atoms with E-state index >= 15 is 0 Å². The van der Waals surface area contributed by atoms with E-state index in [0.717, 1.165) is 17.5 Å². The van der Waals surface area contributed by atoms with E-state index in [0.29, 0.717) is 11.1 Å². The Balaban J connectivity index is 1.86. The van der Waals surface area contributed by atoms with E-state index in [-0.39, 0.29) is 0 Å². The van der Waals surface area contributed by atoms with Gasteiger partial charge in [0.15, 0.2) is 0 Å². The van der Waals surface area contributed by atoms with Crippen LogP contribution in [0.5, 0.6) is 5.75 Å². The van der Waals surface area contributed by atoms with Crippen molar-refractivity contribution in [2.75, 3.05) is 13.4 Å². The van der Waals surface area contributed by atoms with E-state index < -0.39 is 0 Å². The molecule has 0 saturated heterocycles. The van der Waals surface area contributed by atoms with Crippen LogP contribution in [0.15, 0.2) is 18.2 Å². The Kier molecular flexibility index (Phi) is 5.86. The first kappa shape index (κ1) is 15.0. The quantitative estimate of drug-likeness (QED) is 0.884. The van der Waals surface area contributed by atoms with Gasteiger partial charge in [0.1, 0.15) is 5.75 Å². The monoisotopic (exact) mass is 299 g/mol. The first-order chi connectivity index (χ1) is 9.22. The molecule has 1 aliphatic carbocycles. The van der Waals surface area contributed by atoms with E-state index in [1.807, 2.05) is 23.9 Å². The maximum atomic E-state index is 6.14. The SMILES string of the molecule is COc1ccc(CNC2CCCC(SC)C2)cc1Cl. The lowest BCUT2D eigenvalue weighted by Crippen LogP contribution is -2.34. The fourth-order valence-corrected chi connectivity index (χ4v) is 3.73. The van der Waals surface area contributed by atoms with Crippen LogP contribution in [-0.2, 0) is 6.54 Å². The molecule has 4 heteroatoms. The van der Waals surface area contributed by atoms with Crippen LogP contribution in [0.1, 0.15) is 31.2 Å². The van der Waals surface area contributed by atoms with Gasteiger partial charge in [0.25, 0.3) is 0 Å². The maximum Gasteiger partial charge on any atom is 0.137 e. The molecule has 1 N–H and O–H groups in total. The Bertz CT molecular complexity index is 413. The molecule has 0 spiro atoms. The number of rotatable bonds is 5. The summed E-state index contributed by atoms with van der Waals surface area (Å²) in [6, 6.07) is 6.65. The van der Waals surface area contributed by atoms with Crippen molar-refractivity contribution in [1.82, 2.24) is 5.32 Å². The van der Waals surface area contributed by atoms with Crippen molar-refractivity contribution in [3.8, 4) is 5.75 Å². The lowest BCUT2D eigenvalue weighted by atomic mass is 9.95. The van der Waals surface area contributed by atoms with Crippen molar-refractivity contribution >= 4 is 23.4 Å². The molecule has 19 heavy (non-hydrogen) atoms. The molecule has 0 aliphatic heterocycles. The van der Waals surface area contributed by atoms with Gasteiger partial charge in [-0.1, -0.05) is 24.1 Å². The minimum atomic E-state index is 0.645. The minimum Gasteiger partial charge on any atom is -0.495 e. The van der Waals surface area contributed by atoms with Crippen molar-refractivity contribution in [3.05, 3.63) is 28.8 Å². The molecule has 2 nitrogen and oxygen atoms in total. The molecule has 0 radical (unpaired) electrons. The van der Waals surface area contributed by atoms with Crippen molar-refractivity contribution in [2.45, 2.75) is 43.5 Å².